The number of rotatable bonds is 7. The first-order valence-corrected chi connectivity index (χ1v) is 12.4. The lowest BCUT2D eigenvalue weighted by molar-refractivity contribution is -0.127. The van der Waals surface area contributed by atoms with Crippen LogP contribution in [0.15, 0.2) is 31.2 Å². The average Bonchev–Trinajstić information content (AvgIpc) is 3.28. The van der Waals surface area contributed by atoms with E-state index in [2.05, 4.69) is 33.8 Å². The van der Waals surface area contributed by atoms with Gasteiger partial charge in [0.2, 0.25) is 5.91 Å². The van der Waals surface area contributed by atoms with Gasteiger partial charge in [-0.3, -0.25) is 9.59 Å². The molecule has 1 aliphatic carbocycles. The van der Waals surface area contributed by atoms with Crippen molar-refractivity contribution in [2.75, 3.05) is 32.6 Å². The number of imidazole rings is 1. The maximum absolute atomic E-state index is 12.5. The van der Waals surface area contributed by atoms with Crippen molar-refractivity contribution < 1.29 is 14.3 Å². The van der Waals surface area contributed by atoms with E-state index in [4.69, 9.17) is 22.1 Å². The molecule has 37 heavy (non-hydrogen) atoms. The molecule has 0 spiro atoms. The highest BCUT2D eigenvalue weighted by Gasteiger charge is 2.38. The number of pyridine rings is 1. The van der Waals surface area contributed by atoms with E-state index in [1.807, 2.05) is 10.5 Å². The second-order valence-corrected chi connectivity index (χ2v) is 9.70. The van der Waals surface area contributed by atoms with Gasteiger partial charge < -0.3 is 25.1 Å². The van der Waals surface area contributed by atoms with Gasteiger partial charge in [0.1, 0.15) is 11.4 Å². The number of aromatic nitrogens is 4. The molecule has 0 radical (unpaired) electrons. The summed E-state index contributed by atoms with van der Waals surface area (Å²) in [7, 11) is 3.28. The molecule has 3 N–H and O–H groups in total. The summed E-state index contributed by atoms with van der Waals surface area (Å²) in [6.45, 7) is 4.36. The Bertz CT molecular complexity index is 1460. The monoisotopic (exact) mass is 521 g/mol. The third kappa shape index (κ3) is 4.45. The number of nitrogens with zero attached hydrogens (tertiary/aromatic N) is 5. The molecule has 0 unspecified atom stereocenters. The Morgan fingerprint density at radius 2 is 2.16 bits per heavy atom. The normalized spacial score (nSPS) is 19.1. The maximum atomic E-state index is 12.5. The van der Waals surface area contributed by atoms with Gasteiger partial charge in [-0.2, -0.15) is 5.10 Å². The number of amides is 2. The van der Waals surface area contributed by atoms with Crippen molar-refractivity contribution in [3.63, 3.8) is 0 Å². The Balaban J connectivity index is 1.56. The Morgan fingerprint density at radius 1 is 1.38 bits per heavy atom. The van der Waals surface area contributed by atoms with E-state index in [-0.39, 0.29) is 29.2 Å². The van der Waals surface area contributed by atoms with Crippen molar-refractivity contribution >= 4 is 34.7 Å². The summed E-state index contributed by atoms with van der Waals surface area (Å²) in [5.41, 5.74) is 8.70. The van der Waals surface area contributed by atoms with Crippen molar-refractivity contribution in [3.8, 4) is 11.8 Å². The third-order valence-electron chi connectivity index (χ3n) is 6.94. The lowest BCUT2D eigenvalue weighted by Gasteiger charge is -2.22. The van der Waals surface area contributed by atoms with E-state index in [1.54, 1.807) is 36.3 Å². The number of fused-ring (bicyclic) bond motifs is 1. The van der Waals surface area contributed by atoms with E-state index in [0.717, 1.165) is 24.1 Å². The lowest BCUT2D eigenvalue weighted by atomic mass is 10.1. The molecule has 3 aromatic heterocycles. The van der Waals surface area contributed by atoms with E-state index in [1.165, 1.54) is 6.08 Å². The molecule has 0 aromatic carbocycles. The third-order valence-corrected chi connectivity index (χ3v) is 7.23. The molecular weight excluding hydrogens is 494 g/mol. The van der Waals surface area contributed by atoms with Crippen LogP contribution in [-0.4, -0.2) is 69.2 Å². The highest BCUT2D eigenvalue weighted by atomic mass is 35.5. The molecular formula is C26H28ClN7O3. The van der Waals surface area contributed by atoms with Crippen LogP contribution < -0.4 is 11.1 Å². The van der Waals surface area contributed by atoms with Crippen molar-refractivity contribution in [1.29, 1.82) is 0 Å². The van der Waals surface area contributed by atoms with Crippen LogP contribution in [0.3, 0.4) is 0 Å². The smallest absolute Gasteiger partial charge is 0.255 e. The Kier molecular flexibility index (Phi) is 6.67. The zero-order chi connectivity index (χ0) is 26.3. The second-order valence-electron chi connectivity index (χ2n) is 9.29. The topological polar surface area (TPSA) is 120 Å². The van der Waals surface area contributed by atoms with Crippen LogP contribution in [0.4, 0.5) is 5.82 Å². The minimum Gasteiger partial charge on any atom is -0.383 e. The van der Waals surface area contributed by atoms with Gasteiger partial charge in [-0.05, 0) is 43.2 Å². The fourth-order valence-corrected chi connectivity index (χ4v) is 5.34. The summed E-state index contributed by atoms with van der Waals surface area (Å²) < 4.78 is 9.03. The molecule has 1 saturated heterocycles. The zero-order valence-electron chi connectivity index (χ0n) is 20.7. The van der Waals surface area contributed by atoms with Crippen molar-refractivity contribution in [2.45, 2.75) is 37.3 Å². The summed E-state index contributed by atoms with van der Waals surface area (Å²) >= 11 is 6.65. The quantitative estimate of drug-likeness (QED) is 0.364. The summed E-state index contributed by atoms with van der Waals surface area (Å²) in [4.78, 5) is 31.0. The van der Waals surface area contributed by atoms with Gasteiger partial charge in [-0.1, -0.05) is 24.1 Å². The average molecular weight is 522 g/mol. The molecule has 192 valence electrons. The highest BCUT2D eigenvalue weighted by molar-refractivity contribution is 6.32. The van der Waals surface area contributed by atoms with Crippen LogP contribution >= 0.6 is 11.6 Å². The zero-order valence-corrected chi connectivity index (χ0v) is 21.5. The molecule has 11 heteroatoms. The number of halogens is 1. The summed E-state index contributed by atoms with van der Waals surface area (Å²) in [5, 5.41) is 8.24. The summed E-state index contributed by atoms with van der Waals surface area (Å²) in [6.07, 6.45) is 7.62. The van der Waals surface area contributed by atoms with Crippen molar-refractivity contribution in [2.24, 2.45) is 5.73 Å². The number of hydrogen-bond acceptors (Lipinski definition) is 6. The maximum Gasteiger partial charge on any atom is 0.255 e. The van der Waals surface area contributed by atoms with Crippen LogP contribution in [0.25, 0.3) is 5.52 Å². The second kappa shape index (κ2) is 9.92. The fourth-order valence-electron chi connectivity index (χ4n) is 5.08. The molecule has 3 aromatic rings. The number of primary amides is 1. The molecule has 2 fully saturated rings. The lowest BCUT2D eigenvalue weighted by Crippen LogP contribution is -2.37. The minimum absolute atomic E-state index is 0.153. The van der Waals surface area contributed by atoms with E-state index < -0.39 is 5.91 Å². The number of nitrogens with one attached hydrogen (secondary N) is 1. The van der Waals surface area contributed by atoms with Crippen LogP contribution in [0.5, 0.6) is 0 Å². The molecule has 2 amide bonds. The van der Waals surface area contributed by atoms with Crippen LogP contribution in [0.1, 0.15) is 58.5 Å². The van der Waals surface area contributed by atoms with Gasteiger partial charge in [0, 0.05) is 26.4 Å². The molecule has 2 atom stereocenters. The molecule has 5 rings (SSSR count). The molecule has 1 saturated carbocycles. The van der Waals surface area contributed by atoms with Gasteiger partial charge in [0.15, 0.2) is 5.69 Å². The van der Waals surface area contributed by atoms with Crippen molar-refractivity contribution in [1.82, 2.24) is 24.1 Å². The number of likely N-dealkylation sites (tertiary alicyclic amines) is 1. The Hall–Kier alpha value is -3.81. The standard InChI is InChI=1S/C26H28ClN7O3/c1-4-23(35)32-12-16(9-17(32)13-37-3)34-26(29-2)24(25(28)36)20(31-34)8-7-18-19(27)10-21(15-5-6-15)33-14-30-11-22(18)33/h4,10-11,14-17,29H,1,5-6,9,12-13H2,2-3H3,(H2,28,36)/t16-,17+/m0/s1. The van der Waals surface area contributed by atoms with E-state index >= 15 is 0 Å². The number of carbonyl (C=O) groups excluding carboxylic acids is 2. The Labute approximate surface area is 219 Å². The minimum atomic E-state index is -0.657. The fraction of sp³-hybridized carbons (Fsp3) is 0.385. The van der Waals surface area contributed by atoms with Gasteiger partial charge in [0.25, 0.3) is 5.91 Å². The number of anilines is 1. The molecule has 10 nitrogen and oxygen atoms in total. The first kappa shape index (κ1) is 24.9. The SMILES string of the molecule is C=CC(=O)N1C[C@@H](n2nc(C#Cc3c(Cl)cc(C4CC4)n4cncc34)c(C(N)=O)c2NC)C[C@@H]1COC. The first-order valence-electron chi connectivity index (χ1n) is 12.1. The van der Waals surface area contributed by atoms with Gasteiger partial charge in [-0.25, -0.2) is 9.67 Å². The highest BCUT2D eigenvalue weighted by Crippen LogP contribution is 2.42. The largest absolute Gasteiger partial charge is 0.383 e. The van der Waals surface area contributed by atoms with Crippen LogP contribution in [0, 0.1) is 11.8 Å². The van der Waals surface area contributed by atoms with Crippen molar-refractivity contribution in [3.05, 3.63) is 58.8 Å². The number of methoxy groups -OCH3 is 1. The van der Waals surface area contributed by atoms with Gasteiger partial charge >= 0.3 is 0 Å². The molecule has 1 aliphatic heterocycles. The predicted molar refractivity (Wildman–Crippen MR) is 140 cm³/mol. The number of carbonyl (C=O) groups is 2. The number of hydrogen-bond donors (Lipinski definition) is 2. The number of ether oxygens (including phenoxy) is 1. The van der Waals surface area contributed by atoms with Gasteiger partial charge in [-0.15, -0.1) is 0 Å². The summed E-state index contributed by atoms with van der Waals surface area (Å²) in [5.74, 6) is 6.21. The van der Waals surface area contributed by atoms with Crippen LogP contribution in [0.2, 0.25) is 5.02 Å². The molecule has 4 heterocycles. The summed E-state index contributed by atoms with van der Waals surface area (Å²) in [6, 6.07) is 1.56. The Morgan fingerprint density at radius 3 is 2.81 bits per heavy atom. The molecule has 0 bridgehead atoms. The van der Waals surface area contributed by atoms with E-state index in [0.29, 0.717) is 41.9 Å². The first-order chi connectivity index (χ1) is 17.9. The van der Waals surface area contributed by atoms with E-state index in [9.17, 15) is 9.59 Å². The van der Waals surface area contributed by atoms with Gasteiger partial charge in [0.05, 0.1) is 47.3 Å². The van der Waals surface area contributed by atoms with Crippen LogP contribution in [-0.2, 0) is 9.53 Å². The predicted octanol–water partition coefficient (Wildman–Crippen LogP) is 2.58. The number of nitrogens with two attached hydrogens (primary N) is 1. The molecule has 2 aliphatic rings.